The van der Waals surface area contributed by atoms with Crippen LogP contribution in [0.25, 0.3) is 6.08 Å². The summed E-state index contributed by atoms with van der Waals surface area (Å²) in [5.74, 6) is 0.299. The molecule has 0 aliphatic rings. The second-order valence-electron chi connectivity index (χ2n) is 2.97. The molecule has 14 heavy (non-hydrogen) atoms. The number of allylic oxidation sites excluding steroid dienone is 1. The van der Waals surface area contributed by atoms with Gasteiger partial charge in [-0.05, 0) is 24.1 Å². The zero-order valence-corrected chi connectivity index (χ0v) is 8.49. The third kappa shape index (κ3) is 3.44. The van der Waals surface area contributed by atoms with Gasteiger partial charge in [-0.25, -0.2) is 0 Å². The third-order valence-electron chi connectivity index (χ3n) is 1.69. The first-order chi connectivity index (χ1) is 6.72. The van der Waals surface area contributed by atoms with Crippen LogP contribution in [0.4, 0.5) is 0 Å². The first kappa shape index (κ1) is 10.5. The molecule has 0 atom stereocenters. The Morgan fingerprint density at radius 2 is 2.00 bits per heavy atom. The van der Waals surface area contributed by atoms with Crippen LogP contribution in [0.5, 0.6) is 5.75 Å². The van der Waals surface area contributed by atoms with E-state index < -0.39 is 0 Å². The molecule has 0 heterocycles. The minimum absolute atomic E-state index is 0.290. The molecule has 0 spiro atoms. The second-order valence-corrected chi connectivity index (χ2v) is 2.97. The van der Waals surface area contributed by atoms with Crippen molar-refractivity contribution in [2.45, 2.75) is 20.3 Å². The maximum Gasteiger partial charge on any atom is 0.308 e. The van der Waals surface area contributed by atoms with E-state index in [0.29, 0.717) is 5.75 Å². The molecule has 0 aliphatic carbocycles. The maximum atomic E-state index is 10.6. The molecule has 0 aromatic heterocycles. The predicted molar refractivity (Wildman–Crippen MR) is 57.1 cm³/mol. The van der Waals surface area contributed by atoms with Gasteiger partial charge in [-0.1, -0.05) is 31.2 Å². The van der Waals surface area contributed by atoms with Crippen molar-refractivity contribution in [3.05, 3.63) is 35.9 Å². The van der Waals surface area contributed by atoms with Gasteiger partial charge in [0.15, 0.2) is 0 Å². The Bertz CT molecular complexity index is 323. The van der Waals surface area contributed by atoms with Crippen molar-refractivity contribution in [1.29, 1.82) is 0 Å². The molecule has 1 aromatic rings. The van der Waals surface area contributed by atoms with E-state index >= 15 is 0 Å². The molecule has 2 nitrogen and oxygen atoms in total. The van der Waals surface area contributed by atoms with Gasteiger partial charge in [-0.3, -0.25) is 4.79 Å². The van der Waals surface area contributed by atoms with Gasteiger partial charge >= 0.3 is 5.97 Å². The lowest BCUT2D eigenvalue weighted by atomic mass is 10.2. The van der Waals surface area contributed by atoms with Crippen molar-refractivity contribution in [2.75, 3.05) is 0 Å². The van der Waals surface area contributed by atoms with E-state index in [1.54, 1.807) is 12.1 Å². The quantitative estimate of drug-likeness (QED) is 0.541. The molecule has 1 rings (SSSR count). The summed E-state index contributed by atoms with van der Waals surface area (Å²) < 4.78 is 4.91. The molecule has 0 unspecified atom stereocenters. The summed E-state index contributed by atoms with van der Waals surface area (Å²) in [5, 5.41) is 0. The van der Waals surface area contributed by atoms with E-state index in [1.165, 1.54) is 6.92 Å². The summed E-state index contributed by atoms with van der Waals surface area (Å²) in [7, 11) is 0. The number of carbonyl (C=O) groups excluding carboxylic acids is 1. The van der Waals surface area contributed by atoms with Gasteiger partial charge < -0.3 is 4.74 Å². The lowest BCUT2D eigenvalue weighted by molar-refractivity contribution is -0.131. The fourth-order valence-electron chi connectivity index (χ4n) is 1.07. The van der Waals surface area contributed by atoms with Crippen molar-refractivity contribution >= 4 is 12.0 Å². The summed E-state index contributed by atoms with van der Waals surface area (Å²) in [6, 6.07) is 7.42. The highest BCUT2D eigenvalue weighted by Crippen LogP contribution is 2.13. The fraction of sp³-hybridized carbons (Fsp3) is 0.250. The molecule has 2 heteroatoms. The largest absolute Gasteiger partial charge is 0.427 e. The Balaban J connectivity index is 2.68. The zero-order chi connectivity index (χ0) is 10.4. The van der Waals surface area contributed by atoms with Crippen molar-refractivity contribution in [2.24, 2.45) is 0 Å². The number of carbonyl (C=O) groups is 1. The Morgan fingerprint density at radius 1 is 1.36 bits per heavy atom. The molecule has 0 bridgehead atoms. The Hall–Kier alpha value is -1.57. The molecule has 0 saturated carbocycles. The van der Waals surface area contributed by atoms with Gasteiger partial charge in [-0.15, -0.1) is 0 Å². The zero-order valence-electron chi connectivity index (χ0n) is 8.49. The van der Waals surface area contributed by atoms with Crippen molar-refractivity contribution in [1.82, 2.24) is 0 Å². The van der Waals surface area contributed by atoms with E-state index in [-0.39, 0.29) is 5.97 Å². The smallest absolute Gasteiger partial charge is 0.308 e. The number of hydrogen-bond acceptors (Lipinski definition) is 2. The van der Waals surface area contributed by atoms with Crippen LogP contribution >= 0.6 is 0 Å². The van der Waals surface area contributed by atoms with Gasteiger partial charge in [0.05, 0.1) is 0 Å². The Morgan fingerprint density at radius 3 is 2.50 bits per heavy atom. The summed E-state index contributed by atoms with van der Waals surface area (Å²) in [6.07, 6.45) is 5.14. The second kappa shape index (κ2) is 5.22. The Labute approximate surface area is 84.2 Å². The molecule has 1 aromatic carbocycles. The highest BCUT2D eigenvalue weighted by atomic mass is 16.5. The third-order valence-corrected chi connectivity index (χ3v) is 1.69. The maximum absolute atomic E-state index is 10.6. The van der Waals surface area contributed by atoms with Crippen LogP contribution in [-0.4, -0.2) is 5.97 Å². The SMILES string of the molecule is CCC=Cc1ccc(OC(C)=O)cc1. The van der Waals surface area contributed by atoms with Gasteiger partial charge in [0.2, 0.25) is 0 Å². The number of ether oxygens (including phenoxy) is 1. The summed E-state index contributed by atoms with van der Waals surface area (Å²) in [5.41, 5.74) is 1.11. The number of benzene rings is 1. The molecule has 74 valence electrons. The fourth-order valence-corrected chi connectivity index (χ4v) is 1.07. The predicted octanol–water partition coefficient (Wildman–Crippen LogP) is 3.04. The number of esters is 1. The molecular formula is C12H14O2. The summed E-state index contributed by atoms with van der Waals surface area (Å²) in [4.78, 5) is 10.6. The van der Waals surface area contributed by atoms with Crippen LogP contribution in [0.3, 0.4) is 0 Å². The van der Waals surface area contributed by atoms with E-state index in [9.17, 15) is 4.79 Å². The topological polar surface area (TPSA) is 26.3 Å². The Kier molecular flexibility index (Phi) is 3.92. The first-order valence-electron chi connectivity index (χ1n) is 4.67. The molecule has 0 aliphatic heterocycles. The average Bonchev–Trinajstić information content (AvgIpc) is 2.16. The van der Waals surface area contributed by atoms with Crippen LogP contribution in [0, 0.1) is 0 Å². The van der Waals surface area contributed by atoms with Crippen LogP contribution < -0.4 is 4.74 Å². The van der Waals surface area contributed by atoms with E-state index in [0.717, 1.165) is 12.0 Å². The number of rotatable bonds is 3. The van der Waals surface area contributed by atoms with Crippen molar-refractivity contribution in [3.8, 4) is 5.75 Å². The normalized spacial score (nSPS) is 10.4. The molecule has 0 radical (unpaired) electrons. The molecule has 0 N–H and O–H groups in total. The average molecular weight is 190 g/mol. The van der Waals surface area contributed by atoms with Crippen LogP contribution in [0.1, 0.15) is 25.8 Å². The van der Waals surface area contributed by atoms with Crippen molar-refractivity contribution < 1.29 is 9.53 Å². The summed E-state index contributed by atoms with van der Waals surface area (Å²) >= 11 is 0. The highest BCUT2D eigenvalue weighted by molar-refractivity contribution is 5.69. The lowest BCUT2D eigenvalue weighted by Crippen LogP contribution is -2.00. The van der Waals surface area contributed by atoms with Crippen LogP contribution in [0.2, 0.25) is 0 Å². The van der Waals surface area contributed by atoms with Gasteiger partial charge in [0.1, 0.15) is 5.75 Å². The highest BCUT2D eigenvalue weighted by Gasteiger charge is 1.95. The van der Waals surface area contributed by atoms with E-state index in [4.69, 9.17) is 4.74 Å². The lowest BCUT2D eigenvalue weighted by Gasteiger charge is -2.00. The molecule has 0 fully saturated rings. The molecule has 0 amide bonds. The monoisotopic (exact) mass is 190 g/mol. The first-order valence-corrected chi connectivity index (χ1v) is 4.67. The summed E-state index contributed by atoms with van der Waals surface area (Å²) in [6.45, 7) is 3.48. The molecular weight excluding hydrogens is 176 g/mol. The minimum atomic E-state index is -0.290. The molecule has 0 saturated heterocycles. The van der Waals surface area contributed by atoms with Crippen LogP contribution in [-0.2, 0) is 4.79 Å². The van der Waals surface area contributed by atoms with Crippen LogP contribution in [0.15, 0.2) is 30.3 Å². The van der Waals surface area contributed by atoms with Gasteiger partial charge in [0.25, 0.3) is 0 Å². The number of hydrogen-bond donors (Lipinski definition) is 0. The van der Waals surface area contributed by atoms with E-state index in [2.05, 4.69) is 13.0 Å². The van der Waals surface area contributed by atoms with E-state index in [1.807, 2.05) is 18.2 Å². The standard InChI is InChI=1S/C12H14O2/c1-3-4-5-11-6-8-12(9-7-11)14-10(2)13/h4-9H,3H2,1-2H3. The van der Waals surface area contributed by atoms with Gasteiger partial charge in [-0.2, -0.15) is 0 Å². The van der Waals surface area contributed by atoms with Crippen molar-refractivity contribution in [3.63, 3.8) is 0 Å². The minimum Gasteiger partial charge on any atom is -0.427 e. The van der Waals surface area contributed by atoms with Gasteiger partial charge in [0, 0.05) is 6.92 Å².